The van der Waals surface area contributed by atoms with E-state index >= 15 is 0 Å². The lowest BCUT2D eigenvalue weighted by Crippen LogP contribution is -2.19. The minimum atomic E-state index is -0.481. The zero-order chi connectivity index (χ0) is 12.5. The molecule has 0 aliphatic rings. The quantitative estimate of drug-likeness (QED) is 0.736. The maximum absolute atomic E-state index is 10.7. The lowest BCUT2D eigenvalue weighted by molar-refractivity contribution is -0.119. The molecule has 0 saturated heterocycles. The van der Waals surface area contributed by atoms with Gasteiger partial charge < -0.3 is 15.5 Å². The summed E-state index contributed by atoms with van der Waals surface area (Å²) in [6, 6.07) is 12.1. The standard InChI is InChI=1S/C14H12N2O2/c15-13(17)8-18-12-7-16-14-10-4-2-1-3-9(10)5-6-11(12)14/h1-7,16H,8H2,(H2,15,17). The first kappa shape index (κ1) is 10.7. The first-order valence-corrected chi connectivity index (χ1v) is 5.65. The molecule has 1 heterocycles. The van der Waals surface area contributed by atoms with Crippen LogP contribution in [0.2, 0.25) is 0 Å². The molecule has 0 fully saturated rings. The molecule has 0 aliphatic heterocycles. The molecule has 4 nitrogen and oxygen atoms in total. The van der Waals surface area contributed by atoms with Gasteiger partial charge in [0.25, 0.3) is 5.91 Å². The number of carbonyl (C=O) groups is 1. The SMILES string of the molecule is NC(=O)COc1c[nH]c2c1ccc1ccccc12. The molecule has 0 radical (unpaired) electrons. The van der Waals surface area contributed by atoms with Crippen molar-refractivity contribution in [2.45, 2.75) is 0 Å². The van der Waals surface area contributed by atoms with E-state index in [4.69, 9.17) is 10.5 Å². The minimum Gasteiger partial charge on any atom is -0.482 e. The van der Waals surface area contributed by atoms with Crippen LogP contribution in [-0.4, -0.2) is 17.5 Å². The Morgan fingerprint density at radius 3 is 2.83 bits per heavy atom. The zero-order valence-electron chi connectivity index (χ0n) is 9.64. The van der Waals surface area contributed by atoms with Crippen molar-refractivity contribution in [2.24, 2.45) is 5.73 Å². The molecule has 1 amide bonds. The highest BCUT2D eigenvalue weighted by Crippen LogP contribution is 2.31. The third kappa shape index (κ3) is 1.68. The molecule has 3 N–H and O–H groups in total. The summed E-state index contributed by atoms with van der Waals surface area (Å²) in [5.74, 6) is 0.166. The summed E-state index contributed by atoms with van der Waals surface area (Å²) in [7, 11) is 0. The molecule has 4 heteroatoms. The second-order valence-corrected chi connectivity index (χ2v) is 4.12. The van der Waals surface area contributed by atoms with Gasteiger partial charge >= 0.3 is 0 Å². The summed E-state index contributed by atoms with van der Waals surface area (Å²) in [5, 5.41) is 3.24. The highest BCUT2D eigenvalue weighted by Gasteiger charge is 2.08. The number of nitrogens with one attached hydrogen (secondary N) is 1. The van der Waals surface area contributed by atoms with E-state index in [1.54, 1.807) is 6.20 Å². The summed E-state index contributed by atoms with van der Waals surface area (Å²) in [4.78, 5) is 13.9. The number of hydrogen-bond acceptors (Lipinski definition) is 2. The van der Waals surface area contributed by atoms with Crippen molar-refractivity contribution in [3.63, 3.8) is 0 Å². The molecule has 3 rings (SSSR count). The maximum atomic E-state index is 10.7. The number of aromatic amines is 1. The Labute approximate surface area is 103 Å². The second kappa shape index (κ2) is 4.07. The zero-order valence-corrected chi connectivity index (χ0v) is 9.64. The van der Waals surface area contributed by atoms with Crippen molar-refractivity contribution in [3.8, 4) is 5.75 Å². The van der Waals surface area contributed by atoms with Crippen molar-refractivity contribution in [1.82, 2.24) is 4.98 Å². The number of rotatable bonds is 3. The van der Waals surface area contributed by atoms with Crippen molar-refractivity contribution in [3.05, 3.63) is 42.6 Å². The molecule has 1 aromatic heterocycles. The van der Waals surface area contributed by atoms with Crippen LogP contribution in [0.15, 0.2) is 42.6 Å². The van der Waals surface area contributed by atoms with Crippen LogP contribution in [0.3, 0.4) is 0 Å². The Morgan fingerprint density at radius 1 is 1.17 bits per heavy atom. The van der Waals surface area contributed by atoms with Gasteiger partial charge in [-0.1, -0.05) is 30.3 Å². The molecule has 0 atom stereocenters. The Balaban J connectivity index is 2.14. The van der Waals surface area contributed by atoms with Crippen LogP contribution in [0.4, 0.5) is 0 Å². The first-order valence-electron chi connectivity index (χ1n) is 5.65. The van der Waals surface area contributed by atoms with E-state index in [1.165, 1.54) is 0 Å². The van der Waals surface area contributed by atoms with E-state index in [9.17, 15) is 4.79 Å². The fraction of sp³-hybridized carbons (Fsp3) is 0.0714. The van der Waals surface area contributed by atoms with Crippen molar-refractivity contribution >= 4 is 27.6 Å². The largest absolute Gasteiger partial charge is 0.482 e. The molecule has 0 saturated carbocycles. The van der Waals surface area contributed by atoms with E-state index < -0.39 is 5.91 Å². The number of primary amides is 1. The Hall–Kier alpha value is -2.49. The van der Waals surface area contributed by atoms with Gasteiger partial charge in [0.2, 0.25) is 0 Å². The Bertz CT molecular complexity index is 731. The van der Waals surface area contributed by atoms with E-state index in [1.807, 2.05) is 30.3 Å². The average molecular weight is 240 g/mol. The topological polar surface area (TPSA) is 68.1 Å². The highest BCUT2D eigenvalue weighted by molar-refractivity contribution is 6.07. The number of nitrogens with two attached hydrogens (primary N) is 1. The predicted octanol–water partition coefficient (Wildman–Crippen LogP) is 2.19. The summed E-state index contributed by atoms with van der Waals surface area (Å²) in [6.45, 7) is -0.111. The van der Waals surface area contributed by atoms with E-state index in [0.29, 0.717) is 5.75 Å². The van der Waals surface area contributed by atoms with Crippen molar-refractivity contribution < 1.29 is 9.53 Å². The lowest BCUT2D eigenvalue weighted by Gasteiger charge is -2.02. The molecule has 90 valence electrons. The van der Waals surface area contributed by atoms with Gasteiger partial charge in [-0.25, -0.2) is 0 Å². The first-order chi connectivity index (χ1) is 8.75. The molecule has 0 bridgehead atoms. The molecular weight excluding hydrogens is 228 g/mol. The third-order valence-corrected chi connectivity index (χ3v) is 2.91. The van der Waals surface area contributed by atoms with Crippen LogP contribution in [0.25, 0.3) is 21.7 Å². The molecule has 0 unspecified atom stereocenters. The summed E-state index contributed by atoms with van der Waals surface area (Å²) in [6.07, 6.45) is 1.75. The number of carbonyl (C=O) groups excluding carboxylic acids is 1. The number of aromatic nitrogens is 1. The van der Waals surface area contributed by atoms with Gasteiger partial charge in [0.15, 0.2) is 6.61 Å². The van der Waals surface area contributed by atoms with Gasteiger partial charge in [-0.2, -0.15) is 0 Å². The van der Waals surface area contributed by atoms with E-state index in [0.717, 1.165) is 21.7 Å². The van der Waals surface area contributed by atoms with Gasteiger partial charge in [0.05, 0.1) is 5.52 Å². The van der Waals surface area contributed by atoms with Gasteiger partial charge in [0.1, 0.15) is 5.75 Å². The molecule has 18 heavy (non-hydrogen) atoms. The third-order valence-electron chi connectivity index (χ3n) is 2.91. The molecule has 2 aromatic carbocycles. The van der Waals surface area contributed by atoms with Crippen molar-refractivity contribution in [1.29, 1.82) is 0 Å². The molecule has 3 aromatic rings. The number of benzene rings is 2. The molecular formula is C14H12N2O2. The van der Waals surface area contributed by atoms with Crippen LogP contribution in [-0.2, 0) is 4.79 Å². The number of H-pyrrole nitrogens is 1. The maximum Gasteiger partial charge on any atom is 0.255 e. The fourth-order valence-electron chi connectivity index (χ4n) is 2.12. The van der Waals surface area contributed by atoms with Gasteiger partial charge in [-0.05, 0) is 11.5 Å². The number of ether oxygens (including phenoxy) is 1. The van der Waals surface area contributed by atoms with Crippen LogP contribution in [0, 0.1) is 0 Å². The molecule has 0 spiro atoms. The van der Waals surface area contributed by atoms with Gasteiger partial charge in [-0.15, -0.1) is 0 Å². The average Bonchev–Trinajstić information content (AvgIpc) is 2.80. The fourth-order valence-corrected chi connectivity index (χ4v) is 2.12. The van der Waals surface area contributed by atoms with Crippen molar-refractivity contribution in [2.75, 3.05) is 6.61 Å². The smallest absolute Gasteiger partial charge is 0.255 e. The number of fused-ring (bicyclic) bond motifs is 3. The molecule has 0 aliphatic carbocycles. The summed E-state index contributed by atoms with van der Waals surface area (Å²) in [5.41, 5.74) is 6.08. The van der Waals surface area contributed by atoms with E-state index in [-0.39, 0.29) is 6.61 Å². The van der Waals surface area contributed by atoms with Crippen LogP contribution >= 0.6 is 0 Å². The highest BCUT2D eigenvalue weighted by atomic mass is 16.5. The lowest BCUT2D eigenvalue weighted by atomic mass is 10.1. The predicted molar refractivity (Wildman–Crippen MR) is 70.5 cm³/mol. The van der Waals surface area contributed by atoms with E-state index in [2.05, 4.69) is 11.1 Å². The summed E-state index contributed by atoms with van der Waals surface area (Å²) < 4.78 is 5.36. The minimum absolute atomic E-state index is 0.111. The van der Waals surface area contributed by atoms with Crippen LogP contribution in [0.5, 0.6) is 5.75 Å². The Kier molecular flexibility index (Phi) is 2.41. The van der Waals surface area contributed by atoms with Crippen LogP contribution in [0.1, 0.15) is 0 Å². The Morgan fingerprint density at radius 2 is 2.00 bits per heavy atom. The summed E-state index contributed by atoms with van der Waals surface area (Å²) >= 11 is 0. The monoisotopic (exact) mass is 240 g/mol. The van der Waals surface area contributed by atoms with Gasteiger partial charge in [0, 0.05) is 17.0 Å². The normalized spacial score (nSPS) is 10.9. The number of hydrogen-bond donors (Lipinski definition) is 2. The number of amides is 1. The van der Waals surface area contributed by atoms with Gasteiger partial charge in [-0.3, -0.25) is 4.79 Å². The second-order valence-electron chi connectivity index (χ2n) is 4.12. The van der Waals surface area contributed by atoms with Crippen LogP contribution < -0.4 is 10.5 Å².